The number of benzene rings is 3. The Bertz CT molecular complexity index is 1270. The highest BCUT2D eigenvalue weighted by Crippen LogP contribution is 2.50. The van der Waals surface area contributed by atoms with Crippen LogP contribution in [0.25, 0.3) is 0 Å². The summed E-state index contributed by atoms with van der Waals surface area (Å²) >= 11 is 6.11. The van der Waals surface area contributed by atoms with Gasteiger partial charge in [0.1, 0.15) is 0 Å². The third kappa shape index (κ3) is 3.02. The molecule has 0 N–H and O–H groups in total. The van der Waals surface area contributed by atoms with E-state index in [-0.39, 0.29) is 12.3 Å². The van der Waals surface area contributed by atoms with Crippen LogP contribution in [0, 0.1) is 0 Å². The first-order chi connectivity index (χ1) is 16.0. The second kappa shape index (κ2) is 7.98. The van der Waals surface area contributed by atoms with Crippen LogP contribution in [0.2, 0.25) is 5.02 Å². The Labute approximate surface area is 195 Å². The Kier molecular flexibility index (Phi) is 5.10. The first-order valence-electron chi connectivity index (χ1n) is 10.5. The summed E-state index contributed by atoms with van der Waals surface area (Å²) < 4.78 is 5.29. The quantitative estimate of drug-likeness (QED) is 0.419. The van der Waals surface area contributed by atoms with Gasteiger partial charge in [0.25, 0.3) is 0 Å². The van der Waals surface area contributed by atoms with Crippen molar-refractivity contribution in [3.05, 3.63) is 101 Å². The minimum atomic E-state index is -1.79. The van der Waals surface area contributed by atoms with E-state index in [1.165, 1.54) is 5.01 Å². The maximum atomic E-state index is 14.1. The molecule has 2 aliphatic rings. The lowest BCUT2D eigenvalue weighted by molar-refractivity contribution is -0.135. The minimum absolute atomic E-state index is 0.00229. The van der Waals surface area contributed by atoms with Gasteiger partial charge >= 0.3 is 5.97 Å². The van der Waals surface area contributed by atoms with Crippen LogP contribution in [0.4, 0.5) is 5.69 Å². The molecule has 3 aromatic rings. The average molecular weight is 459 g/mol. The molecule has 0 radical (unpaired) electrons. The highest BCUT2D eigenvalue weighted by Gasteiger charge is 2.67. The number of anilines is 1. The fourth-order valence-corrected chi connectivity index (χ4v) is 4.79. The van der Waals surface area contributed by atoms with Crippen LogP contribution >= 0.6 is 11.6 Å². The summed E-state index contributed by atoms with van der Waals surface area (Å²) in [4.78, 5) is 41.2. The number of ketones is 2. The number of ether oxygens (including phenoxy) is 1. The van der Waals surface area contributed by atoms with Crippen molar-refractivity contribution < 1.29 is 19.1 Å². The molecule has 1 spiro atoms. The third-order valence-corrected chi connectivity index (χ3v) is 6.28. The van der Waals surface area contributed by atoms with Gasteiger partial charge in [0.05, 0.1) is 18.2 Å². The van der Waals surface area contributed by atoms with Gasteiger partial charge in [0, 0.05) is 16.1 Å². The summed E-state index contributed by atoms with van der Waals surface area (Å²) in [5.74, 6) is -2.47. The van der Waals surface area contributed by atoms with Gasteiger partial charge in [0.15, 0.2) is 17.3 Å². The zero-order chi connectivity index (χ0) is 23.2. The third-order valence-electron chi connectivity index (χ3n) is 6.03. The number of hydrazone groups is 1. The molecule has 0 fully saturated rings. The average Bonchev–Trinajstić information content (AvgIpc) is 3.31. The van der Waals surface area contributed by atoms with Gasteiger partial charge in [-0.1, -0.05) is 66.2 Å². The smallest absolute Gasteiger partial charge is 0.355 e. The van der Waals surface area contributed by atoms with Gasteiger partial charge in [-0.2, -0.15) is 5.10 Å². The first kappa shape index (κ1) is 21.1. The first-order valence-corrected chi connectivity index (χ1v) is 10.9. The van der Waals surface area contributed by atoms with E-state index < -0.39 is 29.0 Å². The molecule has 0 aromatic heterocycles. The van der Waals surface area contributed by atoms with Crippen LogP contribution in [-0.2, 0) is 9.53 Å². The van der Waals surface area contributed by atoms with Crippen molar-refractivity contribution in [2.45, 2.75) is 18.4 Å². The number of nitrogens with zero attached hydrogens (tertiary/aromatic N) is 2. The van der Waals surface area contributed by atoms with Crippen molar-refractivity contribution in [3.8, 4) is 0 Å². The lowest BCUT2D eigenvalue weighted by Gasteiger charge is -2.35. The van der Waals surface area contributed by atoms with Crippen molar-refractivity contribution >= 4 is 40.5 Å². The largest absolute Gasteiger partial charge is 0.461 e. The molecule has 164 valence electrons. The van der Waals surface area contributed by atoms with Gasteiger partial charge in [-0.05, 0) is 36.8 Å². The van der Waals surface area contributed by atoms with Crippen molar-refractivity contribution in [1.29, 1.82) is 0 Å². The molecular formula is C26H19ClN2O4. The predicted molar refractivity (Wildman–Crippen MR) is 125 cm³/mol. The molecular weight excluding hydrogens is 440 g/mol. The van der Waals surface area contributed by atoms with Gasteiger partial charge in [0.2, 0.25) is 5.54 Å². The number of Topliss-reactive ketones (excluding diaryl/α,β-unsaturated/α-hetero) is 2. The summed E-state index contributed by atoms with van der Waals surface area (Å²) in [7, 11) is 0. The van der Waals surface area contributed by atoms with Crippen LogP contribution in [0.15, 0.2) is 84.0 Å². The number of para-hydroxylation sites is 1. The summed E-state index contributed by atoms with van der Waals surface area (Å²) in [5, 5.41) is 6.46. The second-order valence-corrected chi connectivity index (χ2v) is 8.24. The molecule has 1 aliphatic heterocycles. The van der Waals surface area contributed by atoms with Crippen LogP contribution in [0.5, 0.6) is 0 Å². The molecule has 0 amide bonds. The van der Waals surface area contributed by atoms with E-state index in [9.17, 15) is 14.4 Å². The van der Waals surface area contributed by atoms with Gasteiger partial charge < -0.3 is 4.74 Å². The zero-order valence-corrected chi connectivity index (χ0v) is 18.5. The molecule has 1 aliphatic carbocycles. The van der Waals surface area contributed by atoms with E-state index in [1.807, 2.05) is 6.07 Å². The molecule has 0 saturated heterocycles. The number of carbonyl (C=O) groups excluding carboxylic acids is 3. The van der Waals surface area contributed by atoms with Gasteiger partial charge in [-0.15, -0.1) is 0 Å². The van der Waals surface area contributed by atoms with Crippen molar-refractivity contribution in [3.63, 3.8) is 0 Å². The molecule has 6 nitrogen and oxygen atoms in total. The summed E-state index contributed by atoms with van der Waals surface area (Å²) in [5.41, 5.74) is -0.0895. The molecule has 0 unspecified atom stereocenters. The Balaban J connectivity index is 1.81. The highest BCUT2D eigenvalue weighted by molar-refractivity contribution is 6.46. The molecule has 5 rings (SSSR count). The standard InChI is InChI=1S/C26H19ClN2O4/c1-2-33-25(32)22-21(16-12-14-17(27)15-13-16)26(29(28-22)18-8-4-3-5-9-18)23(30)19-10-6-7-11-20(19)24(26)31/h3-15,21H,2H2,1H3/t21-/m1/s1. The Morgan fingerprint density at radius 3 is 2.09 bits per heavy atom. The highest BCUT2D eigenvalue weighted by atomic mass is 35.5. The fourth-order valence-electron chi connectivity index (χ4n) is 4.66. The molecule has 7 heteroatoms. The van der Waals surface area contributed by atoms with E-state index in [0.29, 0.717) is 27.4 Å². The van der Waals surface area contributed by atoms with Crippen LogP contribution in [0.1, 0.15) is 39.1 Å². The molecule has 0 saturated carbocycles. The van der Waals surface area contributed by atoms with Crippen molar-refractivity contribution in [1.82, 2.24) is 0 Å². The van der Waals surface area contributed by atoms with Crippen molar-refractivity contribution in [2.24, 2.45) is 5.10 Å². The number of fused-ring (bicyclic) bond motifs is 1. The monoisotopic (exact) mass is 458 g/mol. The topological polar surface area (TPSA) is 76.0 Å². The maximum absolute atomic E-state index is 14.1. The van der Waals surface area contributed by atoms with Crippen LogP contribution < -0.4 is 5.01 Å². The predicted octanol–water partition coefficient (Wildman–Crippen LogP) is 4.68. The maximum Gasteiger partial charge on any atom is 0.355 e. The number of esters is 1. The molecule has 0 bridgehead atoms. The Morgan fingerprint density at radius 1 is 0.939 bits per heavy atom. The fraction of sp³-hybridized carbons (Fsp3) is 0.154. The van der Waals surface area contributed by atoms with E-state index in [1.54, 1.807) is 79.7 Å². The molecule has 3 aromatic carbocycles. The van der Waals surface area contributed by atoms with E-state index in [4.69, 9.17) is 16.3 Å². The summed E-state index contributed by atoms with van der Waals surface area (Å²) in [6, 6.07) is 22.3. The number of halogens is 1. The molecule has 1 atom stereocenters. The Morgan fingerprint density at radius 2 is 1.52 bits per heavy atom. The van der Waals surface area contributed by atoms with Gasteiger partial charge in [-0.25, -0.2) is 9.80 Å². The Hall–Kier alpha value is -3.77. The lowest BCUT2D eigenvalue weighted by atomic mass is 9.73. The minimum Gasteiger partial charge on any atom is -0.461 e. The number of hydrogen-bond acceptors (Lipinski definition) is 6. The van der Waals surface area contributed by atoms with E-state index in [2.05, 4.69) is 5.10 Å². The zero-order valence-electron chi connectivity index (χ0n) is 17.7. The number of hydrogen-bond donors (Lipinski definition) is 0. The van der Waals surface area contributed by atoms with E-state index in [0.717, 1.165) is 0 Å². The number of rotatable bonds is 4. The number of carbonyl (C=O) groups is 3. The van der Waals surface area contributed by atoms with Crippen molar-refractivity contribution in [2.75, 3.05) is 11.6 Å². The lowest BCUT2D eigenvalue weighted by Crippen LogP contribution is -2.57. The summed E-state index contributed by atoms with van der Waals surface area (Å²) in [6.07, 6.45) is 0. The van der Waals surface area contributed by atoms with E-state index >= 15 is 0 Å². The molecule has 33 heavy (non-hydrogen) atoms. The van der Waals surface area contributed by atoms with Gasteiger partial charge in [-0.3, -0.25) is 9.59 Å². The van der Waals surface area contributed by atoms with Crippen LogP contribution in [0.3, 0.4) is 0 Å². The molecule has 1 heterocycles. The van der Waals surface area contributed by atoms with Crippen LogP contribution in [-0.4, -0.2) is 35.4 Å². The second-order valence-electron chi connectivity index (χ2n) is 7.81. The normalized spacial score (nSPS) is 18.4. The summed E-state index contributed by atoms with van der Waals surface area (Å²) in [6.45, 7) is 1.82. The SMILES string of the molecule is CCOC(=O)C1=NN(c2ccccc2)C2(C(=O)c3ccccc3C2=O)[C@@H]1c1ccc(Cl)cc1.